The summed E-state index contributed by atoms with van der Waals surface area (Å²) >= 11 is 4.74. The van der Waals surface area contributed by atoms with Gasteiger partial charge in [0.2, 0.25) is 5.91 Å². The van der Waals surface area contributed by atoms with Gasteiger partial charge in [-0.15, -0.1) is 0 Å². The number of carbonyl (C=O) groups excluding carboxylic acids is 2. The van der Waals surface area contributed by atoms with E-state index in [9.17, 15) is 9.59 Å². The third-order valence-corrected chi connectivity index (χ3v) is 1.76. The van der Waals surface area contributed by atoms with Crippen LogP contribution in [0.1, 0.15) is 17.3 Å². The summed E-state index contributed by atoms with van der Waals surface area (Å²) in [4.78, 5) is 22.1. The summed E-state index contributed by atoms with van der Waals surface area (Å²) in [7, 11) is 0. The topological polar surface area (TPSA) is 58.2 Å². The van der Waals surface area contributed by atoms with Gasteiger partial charge in [-0.25, -0.2) is 0 Å². The lowest BCUT2D eigenvalue weighted by Gasteiger charge is -2.06. The maximum absolute atomic E-state index is 11.5. The predicted molar refractivity (Wildman–Crippen MR) is 60.3 cm³/mol. The summed E-state index contributed by atoms with van der Waals surface area (Å²) in [6.45, 7) is 1.32. The van der Waals surface area contributed by atoms with E-state index in [4.69, 9.17) is 12.2 Å². The summed E-state index contributed by atoms with van der Waals surface area (Å²) in [5, 5.41) is 4.70. The Morgan fingerprint density at radius 3 is 2.27 bits per heavy atom. The van der Waals surface area contributed by atoms with Crippen molar-refractivity contribution in [3.8, 4) is 0 Å². The third-order valence-electron chi connectivity index (χ3n) is 1.55. The second-order valence-corrected chi connectivity index (χ2v) is 3.24. The highest BCUT2D eigenvalue weighted by molar-refractivity contribution is 7.80. The Kier molecular flexibility index (Phi) is 3.93. The van der Waals surface area contributed by atoms with E-state index >= 15 is 0 Å². The van der Waals surface area contributed by atoms with Crippen LogP contribution >= 0.6 is 12.2 Å². The molecule has 2 amide bonds. The molecule has 0 aromatic heterocycles. The number of benzene rings is 1. The number of thiocarbonyl (C=S) groups is 1. The largest absolute Gasteiger partial charge is 0.303 e. The normalized spacial score (nSPS) is 9.13. The number of hydrogen-bond donors (Lipinski definition) is 2. The summed E-state index contributed by atoms with van der Waals surface area (Å²) in [6.07, 6.45) is 0. The number of amides is 2. The van der Waals surface area contributed by atoms with Crippen LogP contribution in [0.3, 0.4) is 0 Å². The number of hydrogen-bond acceptors (Lipinski definition) is 3. The van der Waals surface area contributed by atoms with E-state index < -0.39 is 0 Å². The minimum atomic E-state index is -0.339. The predicted octanol–water partition coefficient (Wildman–Crippen LogP) is 0.837. The lowest BCUT2D eigenvalue weighted by atomic mass is 10.2. The first-order valence-electron chi connectivity index (χ1n) is 4.27. The molecular weight excluding hydrogens is 212 g/mol. The van der Waals surface area contributed by atoms with Gasteiger partial charge in [-0.1, -0.05) is 18.2 Å². The van der Waals surface area contributed by atoms with Gasteiger partial charge in [-0.05, 0) is 24.4 Å². The van der Waals surface area contributed by atoms with Crippen LogP contribution in [-0.4, -0.2) is 16.9 Å². The Morgan fingerprint density at radius 2 is 1.73 bits per heavy atom. The molecule has 0 bridgehead atoms. The van der Waals surface area contributed by atoms with Crippen molar-refractivity contribution in [2.45, 2.75) is 6.92 Å². The minimum absolute atomic E-state index is 0.0105. The van der Waals surface area contributed by atoms with Gasteiger partial charge in [-0.2, -0.15) is 0 Å². The zero-order chi connectivity index (χ0) is 11.3. The second-order valence-electron chi connectivity index (χ2n) is 2.83. The Labute approximate surface area is 92.7 Å². The SMILES string of the molecule is CC(=O)NC(=S)NC(=O)c1ccccc1. The van der Waals surface area contributed by atoms with Gasteiger partial charge in [0.05, 0.1) is 0 Å². The molecule has 1 aromatic rings. The van der Waals surface area contributed by atoms with E-state index in [2.05, 4.69) is 10.6 Å². The van der Waals surface area contributed by atoms with Gasteiger partial charge in [-0.3, -0.25) is 14.9 Å². The molecule has 5 heteroatoms. The fourth-order valence-electron chi connectivity index (χ4n) is 0.956. The van der Waals surface area contributed by atoms with E-state index in [1.54, 1.807) is 24.3 Å². The van der Waals surface area contributed by atoms with Crippen molar-refractivity contribution in [1.29, 1.82) is 0 Å². The van der Waals surface area contributed by atoms with Crippen molar-refractivity contribution < 1.29 is 9.59 Å². The first-order chi connectivity index (χ1) is 7.09. The molecule has 78 valence electrons. The van der Waals surface area contributed by atoms with Gasteiger partial charge >= 0.3 is 0 Å². The molecule has 0 saturated carbocycles. The van der Waals surface area contributed by atoms with Crippen LogP contribution in [0.5, 0.6) is 0 Å². The van der Waals surface area contributed by atoms with E-state index in [1.165, 1.54) is 6.92 Å². The van der Waals surface area contributed by atoms with Crippen LogP contribution in [-0.2, 0) is 4.79 Å². The van der Waals surface area contributed by atoms with Crippen LogP contribution < -0.4 is 10.6 Å². The smallest absolute Gasteiger partial charge is 0.257 e. The van der Waals surface area contributed by atoms with Crippen molar-refractivity contribution >= 4 is 29.1 Å². The zero-order valence-electron chi connectivity index (χ0n) is 8.11. The maximum Gasteiger partial charge on any atom is 0.257 e. The van der Waals surface area contributed by atoms with Crippen LogP contribution in [0, 0.1) is 0 Å². The Bertz CT molecular complexity index is 390. The molecule has 1 rings (SSSR count). The van der Waals surface area contributed by atoms with Gasteiger partial charge in [0.25, 0.3) is 5.91 Å². The summed E-state index contributed by atoms with van der Waals surface area (Å²) in [5.41, 5.74) is 0.491. The van der Waals surface area contributed by atoms with Gasteiger partial charge in [0.1, 0.15) is 0 Å². The van der Waals surface area contributed by atoms with Crippen molar-refractivity contribution in [2.75, 3.05) is 0 Å². The fourth-order valence-corrected chi connectivity index (χ4v) is 1.19. The van der Waals surface area contributed by atoms with Gasteiger partial charge < -0.3 is 5.32 Å². The summed E-state index contributed by atoms with van der Waals surface area (Å²) in [5.74, 6) is -0.650. The molecular formula is C10H10N2O2S. The number of nitrogens with one attached hydrogen (secondary N) is 2. The molecule has 0 atom stereocenters. The van der Waals surface area contributed by atoms with E-state index in [-0.39, 0.29) is 16.9 Å². The molecule has 0 heterocycles. The third kappa shape index (κ3) is 3.86. The molecule has 0 unspecified atom stereocenters. The highest BCUT2D eigenvalue weighted by atomic mass is 32.1. The van der Waals surface area contributed by atoms with Crippen molar-refractivity contribution in [3.05, 3.63) is 35.9 Å². The van der Waals surface area contributed by atoms with Crippen LogP contribution in [0.15, 0.2) is 30.3 Å². The standard InChI is InChI=1S/C10H10N2O2S/c1-7(13)11-10(15)12-9(14)8-5-3-2-4-6-8/h2-6H,1H3,(H2,11,12,13,14,15). The molecule has 0 aliphatic carbocycles. The Morgan fingerprint density at radius 1 is 1.13 bits per heavy atom. The lowest BCUT2D eigenvalue weighted by molar-refractivity contribution is -0.117. The van der Waals surface area contributed by atoms with Crippen LogP contribution in [0.4, 0.5) is 0 Å². The average Bonchev–Trinajstić information content (AvgIpc) is 2.17. The van der Waals surface area contributed by atoms with Crippen LogP contribution in [0.2, 0.25) is 0 Å². The number of rotatable bonds is 1. The molecule has 0 radical (unpaired) electrons. The molecule has 2 N–H and O–H groups in total. The Balaban J connectivity index is 2.57. The van der Waals surface area contributed by atoms with Crippen molar-refractivity contribution in [3.63, 3.8) is 0 Å². The molecule has 0 saturated heterocycles. The van der Waals surface area contributed by atoms with E-state index in [1.807, 2.05) is 6.07 Å². The molecule has 0 fully saturated rings. The van der Waals surface area contributed by atoms with Gasteiger partial charge in [0, 0.05) is 12.5 Å². The fraction of sp³-hybridized carbons (Fsp3) is 0.100. The monoisotopic (exact) mass is 222 g/mol. The lowest BCUT2D eigenvalue weighted by Crippen LogP contribution is -2.41. The average molecular weight is 222 g/mol. The first-order valence-corrected chi connectivity index (χ1v) is 4.68. The molecule has 15 heavy (non-hydrogen) atoms. The molecule has 0 aliphatic rings. The van der Waals surface area contributed by atoms with Gasteiger partial charge in [0.15, 0.2) is 5.11 Å². The zero-order valence-corrected chi connectivity index (χ0v) is 8.93. The highest BCUT2D eigenvalue weighted by Gasteiger charge is 2.06. The van der Waals surface area contributed by atoms with E-state index in [0.29, 0.717) is 5.56 Å². The molecule has 4 nitrogen and oxygen atoms in total. The maximum atomic E-state index is 11.5. The molecule has 0 aliphatic heterocycles. The summed E-state index contributed by atoms with van der Waals surface area (Å²) in [6, 6.07) is 8.62. The van der Waals surface area contributed by atoms with E-state index in [0.717, 1.165) is 0 Å². The van der Waals surface area contributed by atoms with Crippen LogP contribution in [0.25, 0.3) is 0 Å². The first kappa shape index (κ1) is 11.3. The van der Waals surface area contributed by atoms with Crippen molar-refractivity contribution in [1.82, 2.24) is 10.6 Å². The molecule has 1 aromatic carbocycles. The minimum Gasteiger partial charge on any atom is -0.303 e. The highest BCUT2D eigenvalue weighted by Crippen LogP contribution is 1.97. The second kappa shape index (κ2) is 5.21. The molecule has 0 spiro atoms. The summed E-state index contributed by atoms with van der Waals surface area (Å²) < 4.78 is 0. The van der Waals surface area contributed by atoms with Crippen molar-refractivity contribution in [2.24, 2.45) is 0 Å². The Hall–Kier alpha value is -1.75. The number of carbonyl (C=O) groups is 2. The quantitative estimate of drug-likeness (QED) is 0.692.